The highest BCUT2D eigenvalue weighted by molar-refractivity contribution is 5.89. The zero-order chi connectivity index (χ0) is 22.9. The lowest BCUT2D eigenvalue weighted by Crippen LogP contribution is -2.27. The Balaban J connectivity index is 1.75. The van der Waals surface area contributed by atoms with Crippen molar-refractivity contribution in [3.05, 3.63) is 95.3 Å². The normalized spacial score (nSPS) is 17.6. The zero-order valence-electron chi connectivity index (χ0n) is 17.9. The first-order valence-corrected chi connectivity index (χ1v) is 10.2. The van der Waals surface area contributed by atoms with E-state index in [1.807, 2.05) is 36.4 Å². The van der Waals surface area contributed by atoms with Crippen LogP contribution in [0.2, 0.25) is 0 Å². The first-order chi connectivity index (χ1) is 15.5. The van der Waals surface area contributed by atoms with Crippen LogP contribution in [0.15, 0.2) is 73.0 Å². The van der Waals surface area contributed by atoms with E-state index < -0.39 is 18.2 Å². The second-order valence-electron chi connectivity index (χ2n) is 7.21. The van der Waals surface area contributed by atoms with E-state index >= 15 is 0 Å². The van der Waals surface area contributed by atoms with E-state index in [4.69, 9.17) is 18.9 Å². The predicted octanol–water partition coefficient (Wildman–Crippen LogP) is 3.63. The summed E-state index contributed by atoms with van der Waals surface area (Å²) in [4.78, 5) is 24.1. The van der Waals surface area contributed by atoms with Gasteiger partial charge in [0.15, 0.2) is 0 Å². The van der Waals surface area contributed by atoms with Crippen LogP contribution in [-0.2, 0) is 37.0 Å². The Bertz CT molecular complexity index is 961. The van der Waals surface area contributed by atoms with E-state index in [-0.39, 0.29) is 31.5 Å². The van der Waals surface area contributed by atoms with E-state index in [1.165, 1.54) is 13.2 Å². The van der Waals surface area contributed by atoms with Crippen molar-refractivity contribution in [2.75, 3.05) is 13.7 Å². The van der Waals surface area contributed by atoms with Crippen molar-refractivity contribution in [1.29, 1.82) is 0 Å². The number of hydrogen-bond acceptors (Lipinski definition) is 7. The summed E-state index contributed by atoms with van der Waals surface area (Å²) in [6, 6.07) is 14.4. The van der Waals surface area contributed by atoms with Crippen LogP contribution in [0.1, 0.15) is 39.4 Å². The first-order valence-electron chi connectivity index (χ1n) is 10.2. The summed E-state index contributed by atoms with van der Waals surface area (Å²) < 4.78 is 21.6. The molecule has 0 saturated carbocycles. The highest BCUT2D eigenvalue weighted by atomic mass is 16.7. The molecular formula is C25H26O7. The van der Waals surface area contributed by atoms with Gasteiger partial charge in [0.2, 0.25) is 12.0 Å². The molecule has 0 amide bonds. The first kappa shape index (κ1) is 23.2. The van der Waals surface area contributed by atoms with E-state index in [0.717, 1.165) is 16.7 Å². The summed E-state index contributed by atoms with van der Waals surface area (Å²) in [6.45, 7) is 3.87. The van der Waals surface area contributed by atoms with Gasteiger partial charge < -0.3 is 24.1 Å². The standard InChI is InChI=1S/C25H26O7/c1-3-12-30-25(28)22-13-21(19-8-10-20(11-9-19)24(27)29-2)14-23(32-22)31-16-18-6-4-17(15-26)5-7-18/h3-11,13,21,23,26H,1,12,14-16H2,2H3. The van der Waals surface area contributed by atoms with E-state index in [1.54, 1.807) is 18.2 Å². The van der Waals surface area contributed by atoms with Crippen molar-refractivity contribution in [2.45, 2.75) is 31.8 Å². The number of rotatable bonds is 9. The molecule has 2 atom stereocenters. The van der Waals surface area contributed by atoms with Crippen LogP contribution in [0, 0.1) is 0 Å². The van der Waals surface area contributed by atoms with Crippen molar-refractivity contribution < 1.29 is 33.6 Å². The molecule has 3 rings (SSSR count). The summed E-state index contributed by atoms with van der Waals surface area (Å²) in [5.41, 5.74) is 3.07. The fraction of sp³-hybridized carbons (Fsp3) is 0.280. The lowest BCUT2D eigenvalue weighted by molar-refractivity contribution is -0.163. The van der Waals surface area contributed by atoms with Crippen LogP contribution >= 0.6 is 0 Å². The molecule has 1 N–H and O–H groups in total. The van der Waals surface area contributed by atoms with Crippen LogP contribution in [0.25, 0.3) is 0 Å². The number of benzene rings is 2. The van der Waals surface area contributed by atoms with Crippen LogP contribution in [0.4, 0.5) is 0 Å². The Labute approximate surface area is 186 Å². The third kappa shape index (κ3) is 6.06. The molecule has 2 unspecified atom stereocenters. The zero-order valence-corrected chi connectivity index (χ0v) is 17.9. The van der Waals surface area contributed by atoms with Gasteiger partial charge in [0.05, 0.1) is 25.9 Å². The summed E-state index contributed by atoms with van der Waals surface area (Å²) in [7, 11) is 1.33. The maximum atomic E-state index is 12.4. The van der Waals surface area contributed by atoms with Gasteiger partial charge in [0, 0.05) is 12.3 Å². The molecular weight excluding hydrogens is 412 g/mol. The van der Waals surface area contributed by atoms with Crippen LogP contribution in [0.3, 0.4) is 0 Å². The lowest BCUT2D eigenvalue weighted by atomic mass is 9.92. The minimum Gasteiger partial charge on any atom is -0.465 e. The Hall–Kier alpha value is -3.42. The number of allylic oxidation sites excluding steroid dienone is 1. The van der Waals surface area contributed by atoms with Gasteiger partial charge >= 0.3 is 11.9 Å². The molecule has 32 heavy (non-hydrogen) atoms. The SMILES string of the molecule is C=CCOC(=O)C1=CC(c2ccc(C(=O)OC)cc2)CC(OCc2ccc(CO)cc2)O1. The third-order valence-electron chi connectivity index (χ3n) is 4.99. The molecule has 7 heteroatoms. The van der Waals surface area contributed by atoms with E-state index in [9.17, 15) is 14.7 Å². The number of esters is 2. The van der Waals surface area contributed by atoms with Gasteiger partial charge in [-0.1, -0.05) is 49.1 Å². The Morgan fingerprint density at radius 3 is 2.41 bits per heavy atom. The maximum absolute atomic E-state index is 12.4. The second kappa shape index (κ2) is 11.3. The molecule has 0 bridgehead atoms. The lowest BCUT2D eigenvalue weighted by Gasteiger charge is -2.29. The fourth-order valence-corrected chi connectivity index (χ4v) is 3.26. The highest BCUT2D eigenvalue weighted by Gasteiger charge is 2.29. The second-order valence-corrected chi connectivity index (χ2v) is 7.21. The van der Waals surface area contributed by atoms with E-state index in [2.05, 4.69) is 6.58 Å². The van der Waals surface area contributed by atoms with Crippen LogP contribution in [-0.4, -0.2) is 37.1 Å². The molecule has 1 aliphatic heterocycles. The smallest absolute Gasteiger partial charge is 0.373 e. The molecule has 168 valence electrons. The molecule has 7 nitrogen and oxygen atoms in total. The molecule has 2 aromatic carbocycles. The third-order valence-corrected chi connectivity index (χ3v) is 4.99. The van der Waals surface area contributed by atoms with Gasteiger partial charge in [-0.3, -0.25) is 0 Å². The number of hydrogen-bond donors (Lipinski definition) is 1. The largest absolute Gasteiger partial charge is 0.465 e. The number of methoxy groups -OCH3 is 1. The average molecular weight is 438 g/mol. The molecule has 0 radical (unpaired) electrons. The molecule has 0 spiro atoms. The van der Waals surface area contributed by atoms with Gasteiger partial charge in [-0.2, -0.15) is 0 Å². The molecule has 0 aliphatic carbocycles. The number of aliphatic hydroxyl groups is 1. The molecule has 0 saturated heterocycles. The monoisotopic (exact) mass is 438 g/mol. The summed E-state index contributed by atoms with van der Waals surface area (Å²) >= 11 is 0. The van der Waals surface area contributed by atoms with Crippen molar-refractivity contribution in [3.63, 3.8) is 0 Å². The van der Waals surface area contributed by atoms with Gasteiger partial charge in [0.25, 0.3) is 0 Å². The van der Waals surface area contributed by atoms with Crippen molar-refractivity contribution in [2.24, 2.45) is 0 Å². The summed E-state index contributed by atoms with van der Waals surface area (Å²) in [6.07, 6.45) is 2.99. The molecule has 2 aromatic rings. The van der Waals surface area contributed by atoms with Gasteiger partial charge in [-0.15, -0.1) is 0 Å². The maximum Gasteiger partial charge on any atom is 0.373 e. The Kier molecular flexibility index (Phi) is 8.19. The number of carbonyl (C=O) groups excluding carboxylic acids is 2. The average Bonchev–Trinajstić information content (AvgIpc) is 2.85. The fourth-order valence-electron chi connectivity index (χ4n) is 3.26. The van der Waals surface area contributed by atoms with Crippen molar-refractivity contribution in [3.8, 4) is 0 Å². The highest BCUT2D eigenvalue weighted by Crippen LogP contribution is 2.32. The number of carbonyl (C=O) groups is 2. The molecule has 1 aliphatic rings. The van der Waals surface area contributed by atoms with Gasteiger partial charge in [-0.25, -0.2) is 9.59 Å². The summed E-state index contributed by atoms with van der Waals surface area (Å²) in [5, 5.41) is 9.17. The van der Waals surface area contributed by atoms with Crippen molar-refractivity contribution in [1.82, 2.24) is 0 Å². The van der Waals surface area contributed by atoms with Gasteiger partial charge in [0.1, 0.15) is 6.61 Å². The quantitative estimate of drug-likeness (QED) is 0.472. The molecule has 1 heterocycles. The van der Waals surface area contributed by atoms with Crippen molar-refractivity contribution >= 4 is 11.9 Å². The number of aliphatic hydroxyl groups excluding tert-OH is 1. The van der Waals surface area contributed by atoms with E-state index in [0.29, 0.717) is 12.0 Å². The number of ether oxygens (including phenoxy) is 4. The summed E-state index contributed by atoms with van der Waals surface area (Å²) in [5.74, 6) is -1.12. The molecule has 0 aromatic heterocycles. The van der Waals surface area contributed by atoms with Crippen LogP contribution in [0.5, 0.6) is 0 Å². The van der Waals surface area contributed by atoms with Gasteiger partial charge in [-0.05, 0) is 34.9 Å². The predicted molar refractivity (Wildman–Crippen MR) is 116 cm³/mol. The van der Waals surface area contributed by atoms with Crippen LogP contribution < -0.4 is 0 Å². The minimum absolute atomic E-state index is 0.0235. The minimum atomic E-state index is -0.672. The Morgan fingerprint density at radius 1 is 1.09 bits per heavy atom. The Morgan fingerprint density at radius 2 is 1.78 bits per heavy atom. The topological polar surface area (TPSA) is 91.3 Å². The molecule has 0 fully saturated rings.